The Hall–Kier alpha value is -1.78. The molecule has 1 heterocycles. The van der Waals surface area contributed by atoms with Crippen LogP contribution < -0.4 is 11.1 Å². The number of carbonyl (C=O) groups is 1. The van der Waals surface area contributed by atoms with E-state index < -0.39 is 0 Å². The SMILES string of the molecule is CC(C)CC(CN)NC(=O)c1ccc(-c2ccccc2Cl)o1. The van der Waals surface area contributed by atoms with Gasteiger partial charge in [0.1, 0.15) is 5.76 Å². The van der Waals surface area contributed by atoms with Crippen LogP contribution >= 0.6 is 11.6 Å². The summed E-state index contributed by atoms with van der Waals surface area (Å²) in [6, 6.07) is 10.7. The van der Waals surface area contributed by atoms with E-state index in [1.54, 1.807) is 18.2 Å². The maximum absolute atomic E-state index is 12.2. The predicted molar refractivity (Wildman–Crippen MR) is 88.9 cm³/mol. The molecule has 1 aromatic heterocycles. The summed E-state index contributed by atoms with van der Waals surface area (Å²) in [5.74, 6) is 1.04. The summed E-state index contributed by atoms with van der Waals surface area (Å²) in [6.07, 6.45) is 0.834. The number of benzene rings is 1. The summed E-state index contributed by atoms with van der Waals surface area (Å²) >= 11 is 6.13. The van der Waals surface area contributed by atoms with Crippen LogP contribution in [0.2, 0.25) is 5.02 Å². The predicted octanol–water partition coefficient (Wildman–Crippen LogP) is 3.70. The second-order valence-corrected chi connectivity index (χ2v) is 6.09. The molecule has 22 heavy (non-hydrogen) atoms. The zero-order valence-corrected chi connectivity index (χ0v) is 13.6. The fourth-order valence-electron chi connectivity index (χ4n) is 2.31. The lowest BCUT2D eigenvalue weighted by Gasteiger charge is -2.17. The second kappa shape index (κ2) is 7.47. The Morgan fingerprint density at radius 3 is 2.64 bits per heavy atom. The number of nitrogens with two attached hydrogens (primary N) is 1. The molecule has 1 amide bonds. The molecule has 2 rings (SSSR count). The zero-order chi connectivity index (χ0) is 16.1. The molecule has 0 aliphatic heterocycles. The first-order valence-electron chi connectivity index (χ1n) is 7.37. The molecule has 0 radical (unpaired) electrons. The average molecular weight is 321 g/mol. The zero-order valence-electron chi connectivity index (χ0n) is 12.8. The summed E-state index contributed by atoms with van der Waals surface area (Å²) in [6.45, 7) is 4.59. The maximum atomic E-state index is 12.2. The molecule has 0 aliphatic carbocycles. The van der Waals surface area contributed by atoms with Crippen molar-refractivity contribution in [1.82, 2.24) is 5.32 Å². The van der Waals surface area contributed by atoms with Gasteiger partial charge in [0.05, 0.1) is 5.02 Å². The van der Waals surface area contributed by atoms with Crippen LogP contribution in [-0.4, -0.2) is 18.5 Å². The number of halogens is 1. The molecule has 1 atom stereocenters. The third kappa shape index (κ3) is 4.12. The lowest BCUT2D eigenvalue weighted by Crippen LogP contribution is -2.40. The highest BCUT2D eigenvalue weighted by atomic mass is 35.5. The smallest absolute Gasteiger partial charge is 0.287 e. The Labute approximate surface area is 135 Å². The average Bonchev–Trinajstić information content (AvgIpc) is 2.96. The van der Waals surface area contributed by atoms with Gasteiger partial charge in [-0.1, -0.05) is 37.6 Å². The Balaban J connectivity index is 2.11. The van der Waals surface area contributed by atoms with Crippen LogP contribution in [0.4, 0.5) is 0 Å². The van der Waals surface area contributed by atoms with Gasteiger partial charge in [-0.2, -0.15) is 0 Å². The van der Waals surface area contributed by atoms with Crippen molar-refractivity contribution < 1.29 is 9.21 Å². The van der Waals surface area contributed by atoms with E-state index in [1.165, 1.54) is 0 Å². The molecule has 0 saturated carbocycles. The van der Waals surface area contributed by atoms with Gasteiger partial charge in [0.15, 0.2) is 5.76 Å². The summed E-state index contributed by atoms with van der Waals surface area (Å²) in [7, 11) is 0. The molecule has 1 aromatic carbocycles. The first kappa shape index (κ1) is 16.6. The molecule has 0 bridgehead atoms. The third-order valence-corrected chi connectivity index (χ3v) is 3.67. The van der Waals surface area contributed by atoms with Crippen molar-refractivity contribution in [2.24, 2.45) is 11.7 Å². The molecule has 118 valence electrons. The van der Waals surface area contributed by atoms with Crippen LogP contribution in [0.25, 0.3) is 11.3 Å². The normalized spacial score (nSPS) is 12.4. The number of hydrogen-bond donors (Lipinski definition) is 2. The molecule has 5 heteroatoms. The fourth-order valence-corrected chi connectivity index (χ4v) is 2.53. The summed E-state index contributed by atoms with van der Waals surface area (Å²) < 4.78 is 5.63. The maximum Gasteiger partial charge on any atom is 0.287 e. The standard InChI is InChI=1S/C17H21ClN2O2/c1-11(2)9-12(10-19)20-17(21)16-8-7-15(22-16)13-5-3-4-6-14(13)18/h3-8,11-12H,9-10,19H2,1-2H3,(H,20,21). The van der Waals surface area contributed by atoms with Gasteiger partial charge in [0.2, 0.25) is 0 Å². The molecule has 2 aromatic rings. The van der Waals surface area contributed by atoms with Crippen LogP contribution in [0.5, 0.6) is 0 Å². The first-order valence-corrected chi connectivity index (χ1v) is 7.74. The van der Waals surface area contributed by atoms with E-state index in [0.717, 1.165) is 12.0 Å². The van der Waals surface area contributed by atoms with Crippen molar-refractivity contribution in [2.75, 3.05) is 6.54 Å². The number of nitrogens with one attached hydrogen (secondary N) is 1. The third-order valence-electron chi connectivity index (χ3n) is 3.34. The molecule has 1 unspecified atom stereocenters. The van der Waals surface area contributed by atoms with Gasteiger partial charge in [-0.25, -0.2) is 0 Å². The van der Waals surface area contributed by atoms with Crippen LogP contribution in [0.15, 0.2) is 40.8 Å². The van der Waals surface area contributed by atoms with Gasteiger partial charge in [-0.05, 0) is 36.6 Å². The monoisotopic (exact) mass is 320 g/mol. The number of furan rings is 1. The lowest BCUT2D eigenvalue weighted by atomic mass is 10.0. The van der Waals surface area contributed by atoms with E-state index >= 15 is 0 Å². The number of hydrogen-bond acceptors (Lipinski definition) is 3. The van der Waals surface area contributed by atoms with Crippen LogP contribution in [0.1, 0.15) is 30.8 Å². The molecular weight excluding hydrogens is 300 g/mol. The number of carbonyl (C=O) groups excluding carboxylic acids is 1. The van der Waals surface area contributed by atoms with Crippen molar-refractivity contribution in [3.63, 3.8) is 0 Å². The Bertz CT molecular complexity index is 637. The Kier molecular flexibility index (Phi) is 5.63. The molecule has 0 saturated heterocycles. The van der Waals surface area contributed by atoms with Crippen LogP contribution in [-0.2, 0) is 0 Å². The van der Waals surface area contributed by atoms with E-state index in [2.05, 4.69) is 19.2 Å². The van der Waals surface area contributed by atoms with Gasteiger partial charge in [0.25, 0.3) is 5.91 Å². The second-order valence-electron chi connectivity index (χ2n) is 5.68. The molecule has 0 aliphatic rings. The quantitative estimate of drug-likeness (QED) is 0.852. The van der Waals surface area contributed by atoms with E-state index in [1.807, 2.05) is 18.2 Å². The van der Waals surface area contributed by atoms with E-state index in [4.69, 9.17) is 21.8 Å². The van der Waals surface area contributed by atoms with Crippen molar-refractivity contribution in [3.8, 4) is 11.3 Å². The molecule has 4 nitrogen and oxygen atoms in total. The lowest BCUT2D eigenvalue weighted by molar-refractivity contribution is 0.0906. The summed E-state index contributed by atoms with van der Waals surface area (Å²) in [5.41, 5.74) is 6.47. The van der Waals surface area contributed by atoms with E-state index in [-0.39, 0.29) is 17.7 Å². The van der Waals surface area contributed by atoms with Gasteiger partial charge in [0, 0.05) is 18.2 Å². The van der Waals surface area contributed by atoms with Crippen LogP contribution in [0.3, 0.4) is 0 Å². The highest BCUT2D eigenvalue weighted by molar-refractivity contribution is 6.33. The minimum absolute atomic E-state index is 0.0543. The first-order chi connectivity index (χ1) is 10.5. The summed E-state index contributed by atoms with van der Waals surface area (Å²) in [5, 5.41) is 3.49. The van der Waals surface area contributed by atoms with Gasteiger partial charge < -0.3 is 15.5 Å². The van der Waals surface area contributed by atoms with Crippen molar-refractivity contribution in [1.29, 1.82) is 0 Å². The fraction of sp³-hybridized carbons (Fsp3) is 0.353. The van der Waals surface area contributed by atoms with Crippen molar-refractivity contribution in [3.05, 3.63) is 47.2 Å². The van der Waals surface area contributed by atoms with Gasteiger partial charge in [-0.3, -0.25) is 4.79 Å². The topological polar surface area (TPSA) is 68.3 Å². The molecule has 0 fully saturated rings. The Morgan fingerprint density at radius 1 is 1.27 bits per heavy atom. The minimum atomic E-state index is -0.255. The highest BCUT2D eigenvalue weighted by Crippen LogP contribution is 2.29. The van der Waals surface area contributed by atoms with Crippen molar-refractivity contribution >= 4 is 17.5 Å². The van der Waals surface area contributed by atoms with Gasteiger partial charge in [-0.15, -0.1) is 0 Å². The number of amides is 1. The van der Waals surface area contributed by atoms with E-state index in [9.17, 15) is 4.79 Å². The van der Waals surface area contributed by atoms with Crippen molar-refractivity contribution in [2.45, 2.75) is 26.3 Å². The number of rotatable bonds is 6. The van der Waals surface area contributed by atoms with Crippen LogP contribution in [0, 0.1) is 5.92 Å². The minimum Gasteiger partial charge on any atom is -0.451 e. The summed E-state index contributed by atoms with van der Waals surface area (Å²) in [4.78, 5) is 12.2. The van der Waals surface area contributed by atoms with Gasteiger partial charge >= 0.3 is 0 Å². The highest BCUT2D eigenvalue weighted by Gasteiger charge is 2.17. The van der Waals surface area contributed by atoms with E-state index in [0.29, 0.717) is 23.2 Å². The Morgan fingerprint density at radius 2 is 2.00 bits per heavy atom. The molecular formula is C17H21ClN2O2. The largest absolute Gasteiger partial charge is 0.451 e. The molecule has 0 spiro atoms. The molecule has 3 N–H and O–H groups in total.